The van der Waals surface area contributed by atoms with Crippen molar-refractivity contribution in [2.24, 2.45) is 11.8 Å². The first-order valence-corrected chi connectivity index (χ1v) is 16.3. The molecule has 1 aliphatic carbocycles. The topological polar surface area (TPSA) is 130 Å². The Morgan fingerprint density at radius 2 is 1.46 bits per heavy atom. The lowest BCUT2D eigenvalue weighted by Crippen LogP contribution is -2.28. The van der Waals surface area contributed by atoms with Crippen LogP contribution in [0.4, 0.5) is 0 Å². The van der Waals surface area contributed by atoms with E-state index in [2.05, 4.69) is 13.8 Å². The zero-order chi connectivity index (χ0) is 30.3. The summed E-state index contributed by atoms with van der Waals surface area (Å²) in [5, 5.41) is 30.0. The average Bonchev–Trinajstić information content (AvgIpc) is 3.22. The second-order valence-electron chi connectivity index (χ2n) is 11.7. The smallest absolute Gasteiger partial charge is 0.306 e. The molecular weight excluding hydrogens is 524 g/mol. The van der Waals surface area contributed by atoms with E-state index in [1.165, 1.54) is 25.7 Å². The van der Waals surface area contributed by atoms with Gasteiger partial charge in [-0.25, -0.2) is 0 Å². The maximum atomic E-state index is 12.4. The number of esters is 2. The third-order valence-electron chi connectivity index (χ3n) is 7.97. The summed E-state index contributed by atoms with van der Waals surface area (Å²) in [7, 11) is 0. The molecule has 0 unspecified atom stereocenters. The largest absolute Gasteiger partial charge is 0.462 e. The number of Topliss-reactive ketones (excluding diaryl/α,β-unsaturated/α-hetero) is 1. The number of carbonyl (C=O) groups is 3. The molecule has 0 amide bonds. The fourth-order valence-electron chi connectivity index (χ4n) is 5.40. The molecule has 5 atom stereocenters. The highest BCUT2D eigenvalue weighted by molar-refractivity contribution is 5.86. The van der Waals surface area contributed by atoms with Crippen LogP contribution in [0.3, 0.4) is 0 Å². The molecule has 1 saturated carbocycles. The van der Waals surface area contributed by atoms with Crippen molar-refractivity contribution in [1.82, 2.24) is 0 Å². The number of allylic oxidation sites excluding steroid dienone is 1. The Kier molecular flexibility index (Phi) is 21.6. The van der Waals surface area contributed by atoms with Crippen molar-refractivity contribution in [1.29, 1.82) is 0 Å². The Balaban J connectivity index is 2.19. The molecule has 0 heterocycles. The Labute approximate surface area is 248 Å². The highest BCUT2D eigenvalue weighted by atomic mass is 16.6. The number of aliphatic hydroxyl groups is 3. The van der Waals surface area contributed by atoms with Crippen LogP contribution in [0.25, 0.3) is 0 Å². The van der Waals surface area contributed by atoms with Crippen LogP contribution in [0.15, 0.2) is 12.2 Å². The predicted molar refractivity (Wildman–Crippen MR) is 160 cm³/mol. The van der Waals surface area contributed by atoms with E-state index in [9.17, 15) is 29.7 Å². The Hall–Kier alpha value is -1.77. The van der Waals surface area contributed by atoms with Gasteiger partial charge >= 0.3 is 11.9 Å². The summed E-state index contributed by atoms with van der Waals surface area (Å²) in [6.07, 6.45) is 17.6. The lowest BCUT2D eigenvalue weighted by Gasteiger charge is -2.19. The maximum Gasteiger partial charge on any atom is 0.306 e. The van der Waals surface area contributed by atoms with E-state index in [-0.39, 0.29) is 55.6 Å². The van der Waals surface area contributed by atoms with E-state index in [1.807, 2.05) is 0 Å². The van der Waals surface area contributed by atoms with E-state index in [4.69, 9.17) is 9.47 Å². The quantitative estimate of drug-likeness (QED) is 0.0681. The van der Waals surface area contributed by atoms with E-state index in [0.717, 1.165) is 64.2 Å². The number of aliphatic hydroxyl groups excluding tert-OH is 3. The summed E-state index contributed by atoms with van der Waals surface area (Å²) < 4.78 is 10.5. The molecule has 1 aliphatic rings. The van der Waals surface area contributed by atoms with Crippen LogP contribution in [-0.4, -0.2) is 64.6 Å². The maximum absolute atomic E-state index is 12.4. The Morgan fingerprint density at radius 3 is 2.12 bits per heavy atom. The lowest BCUT2D eigenvalue weighted by molar-refractivity contribution is -0.161. The van der Waals surface area contributed by atoms with E-state index in [1.54, 1.807) is 12.2 Å². The van der Waals surface area contributed by atoms with Crippen LogP contribution in [0, 0.1) is 11.8 Å². The number of carbonyl (C=O) groups excluding carboxylic acids is 3. The van der Waals surface area contributed by atoms with Crippen molar-refractivity contribution in [2.45, 2.75) is 154 Å². The Morgan fingerprint density at radius 1 is 0.878 bits per heavy atom. The fourth-order valence-corrected chi connectivity index (χ4v) is 5.40. The van der Waals surface area contributed by atoms with Gasteiger partial charge in [-0.1, -0.05) is 103 Å². The lowest BCUT2D eigenvalue weighted by atomic mass is 9.88. The van der Waals surface area contributed by atoms with Gasteiger partial charge in [-0.2, -0.15) is 0 Å². The number of ether oxygens (including phenoxy) is 2. The highest BCUT2D eigenvalue weighted by Crippen LogP contribution is 2.34. The van der Waals surface area contributed by atoms with Crippen LogP contribution < -0.4 is 0 Å². The van der Waals surface area contributed by atoms with Gasteiger partial charge in [0.05, 0.1) is 18.8 Å². The van der Waals surface area contributed by atoms with Gasteiger partial charge in [0.25, 0.3) is 0 Å². The minimum atomic E-state index is -0.837. The van der Waals surface area contributed by atoms with Crippen molar-refractivity contribution in [3.8, 4) is 0 Å². The minimum Gasteiger partial charge on any atom is -0.462 e. The molecule has 0 aromatic carbocycles. The van der Waals surface area contributed by atoms with Crippen molar-refractivity contribution in [3.05, 3.63) is 12.2 Å². The molecule has 0 aliphatic heterocycles. The zero-order valence-electron chi connectivity index (χ0n) is 25.8. The standard InChI is InChI=1S/C33H58O8/c1-3-5-7-8-9-10-16-20-33(39)41-27(24-34)25-40-32(38)19-15-12-11-14-18-28-29(31(37)23-30(28)36)22-21-26(35)17-13-6-4-2/h21-22,26-30,34-36H,3-20,23-25H2,1-2H3/b22-21+/t26-,27-,28+,29+,30-/m0/s1. The molecule has 3 N–H and O–H groups in total. The van der Waals surface area contributed by atoms with Crippen LogP contribution in [0.2, 0.25) is 0 Å². The summed E-state index contributed by atoms with van der Waals surface area (Å²) in [6, 6.07) is 0. The van der Waals surface area contributed by atoms with Gasteiger partial charge in [-0.05, 0) is 31.6 Å². The first-order chi connectivity index (χ1) is 19.8. The number of hydrogen-bond donors (Lipinski definition) is 3. The molecule has 1 rings (SSSR count). The number of unbranched alkanes of at least 4 members (excludes halogenated alkanes) is 11. The van der Waals surface area contributed by atoms with Crippen molar-refractivity contribution < 1.29 is 39.2 Å². The van der Waals surface area contributed by atoms with E-state index in [0.29, 0.717) is 19.3 Å². The van der Waals surface area contributed by atoms with Gasteiger partial charge in [-0.15, -0.1) is 0 Å². The molecule has 0 spiro atoms. The van der Waals surface area contributed by atoms with Gasteiger partial charge < -0.3 is 24.8 Å². The summed E-state index contributed by atoms with van der Waals surface area (Å²) in [5.74, 6) is -1.19. The van der Waals surface area contributed by atoms with Gasteiger partial charge in [0.2, 0.25) is 0 Å². The van der Waals surface area contributed by atoms with Gasteiger partial charge in [0.1, 0.15) is 12.4 Å². The highest BCUT2D eigenvalue weighted by Gasteiger charge is 2.39. The minimum absolute atomic E-state index is 0.0342. The summed E-state index contributed by atoms with van der Waals surface area (Å²) in [5.41, 5.74) is 0. The Bertz CT molecular complexity index is 737. The normalized spacial score (nSPS) is 20.4. The molecule has 0 aromatic rings. The number of ketones is 1. The molecule has 8 heteroatoms. The summed E-state index contributed by atoms with van der Waals surface area (Å²) in [4.78, 5) is 36.5. The summed E-state index contributed by atoms with van der Waals surface area (Å²) >= 11 is 0. The van der Waals surface area contributed by atoms with Crippen molar-refractivity contribution in [3.63, 3.8) is 0 Å². The fraction of sp³-hybridized carbons (Fsp3) is 0.848. The van der Waals surface area contributed by atoms with E-state index < -0.39 is 18.3 Å². The zero-order valence-corrected chi connectivity index (χ0v) is 25.8. The van der Waals surface area contributed by atoms with Gasteiger partial charge in [-0.3, -0.25) is 14.4 Å². The van der Waals surface area contributed by atoms with Crippen LogP contribution in [0.5, 0.6) is 0 Å². The summed E-state index contributed by atoms with van der Waals surface area (Å²) in [6.45, 7) is 3.76. The third-order valence-corrected chi connectivity index (χ3v) is 7.97. The van der Waals surface area contributed by atoms with Gasteiger partial charge in [0, 0.05) is 25.2 Å². The molecule has 1 fully saturated rings. The molecule has 0 bridgehead atoms. The number of hydrogen-bond acceptors (Lipinski definition) is 8. The predicted octanol–water partition coefficient (Wildman–Crippen LogP) is 5.98. The average molecular weight is 583 g/mol. The van der Waals surface area contributed by atoms with Crippen LogP contribution >= 0.6 is 0 Å². The van der Waals surface area contributed by atoms with Crippen LogP contribution in [-0.2, 0) is 23.9 Å². The first kappa shape index (κ1) is 37.3. The molecule has 0 aromatic heterocycles. The first-order valence-electron chi connectivity index (χ1n) is 16.3. The van der Waals surface area contributed by atoms with Crippen molar-refractivity contribution in [2.75, 3.05) is 13.2 Å². The molecular formula is C33H58O8. The molecule has 0 saturated heterocycles. The number of rotatable bonds is 25. The third kappa shape index (κ3) is 17.7. The van der Waals surface area contributed by atoms with Gasteiger partial charge in [0.15, 0.2) is 6.10 Å². The molecule has 41 heavy (non-hydrogen) atoms. The monoisotopic (exact) mass is 582 g/mol. The molecule has 0 radical (unpaired) electrons. The second kappa shape index (κ2) is 23.8. The van der Waals surface area contributed by atoms with E-state index >= 15 is 0 Å². The molecule has 238 valence electrons. The van der Waals surface area contributed by atoms with Crippen molar-refractivity contribution >= 4 is 17.7 Å². The van der Waals surface area contributed by atoms with Crippen LogP contribution in [0.1, 0.15) is 136 Å². The second-order valence-corrected chi connectivity index (χ2v) is 11.7. The SMILES string of the molecule is CCCCCCCCCC(=O)O[C@@H](CO)COC(=O)CCCCCC[C@H]1[C@@H](O)CC(=O)[C@@H]1/C=C/[C@@H](O)CCCCC. The molecule has 8 nitrogen and oxygen atoms in total.